The number of nitrogens with one attached hydrogen (secondary N) is 6. The number of nitrogens with zero attached hydrogens (tertiary/aromatic N) is 5. The van der Waals surface area contributed by atoms with E-state index in [1.54, 1.807) is 71.7 Å². The van der Waals surface area contributed by atoms with Gasteiger partial charge in [0.05, 0.1) is 39.5 Å². The number of anilines is 3. The maximum absolute atomic E-state index is 14.0. The molecule has 0 spiro atoms. The van der Waals surface area contributed by atoms with Gasteiger partial charge >= 0.3 is 6.18 Å². The monoisotopic (exact) mass is 1100 g/mol. The number of carbonyl (C=O) groups is 6. The lowest BCUT2D eigenvalue weighted by molar-refractivity contribution is -0.144. The summed E-state index contributed by atoms with van der Waals surface area (Å²) in [5.74, 6) is -2.02. The van der Waals surface area contributed by atoms with Crippen molar-refractivity contribution in [3.63, 3.8) is 0 Å². The molecule has 22 heteroatoms. The number of β-amino-alcohol motifs (C(OH)–C–C–N with tert-alkyl or cyclic N) is 1. The minimum absolute atomic E-state index is 0.0200. The Morgan fingerprint density at radius 3 is 2.16 bits per heavy atom. The molecule has 414 valence electrons. The minimum Gasteiger partial charge on any atom is -0.391 e. The fourth-order valence-corrected chi connectivity index (χ4v) is 10.1. The number of carbonyl (C=O) groups excluding carboxylic acids is 6. The molecule has 7 aromatic rings. The van der Waals surface area contributed by atoms with Crippen molar-refractivity contribution in [2.24, 2.45) is 5.41 Å². The van der Waals surface area contributed by atoms with Gasteiger partial charge in [0, 0.05) is 66.4 Å². The number of fused-ring (bicyclic) bond motifs is 1. The van der Waals surface area contributed by atoms with Crippen molar-refractivity contribution in [1.29, 1.82) is 0 Å². The quantitative estimate of drug-likeness (QED) is 0.0357. The highest BCUT2D eigenvalue weighted by Crippen LogP contribution is 2.34. The first-order valence-corrected chi connectivity index (χ1v) is 26.7. The van der Waals surface area contributed by atoms with Crippen LogP contribution in [-0.4, -0.2) is 95.1 Å². The number of unbranched alkanes of at least 4 members (excludes halogenated alkanes) is 3. The SMILES string of the molecule is Cc1ccc(NC(=O)Cn2cc(-c3ccc4c(NC(=O)c5ccc(NC(=O)CCCCCCC(=O)NC(C(=O)N6CC(O)CC6C(=O)NCc6ccc(-c7scnc7C)cc6)C(C)(C)C)cc5)n[nH]c4c3)cn2)cc1C(F)(F)F. The molecule has 79 heavy (non-hydrogen) atoms. The number of alkyl halides is 3. The third-order valence-electron chi connectivity index (χ3n) is 13.6. The number of hydrogen-bond donors (Lipinski definition) is 7. The van der Waals surface area contributed by atoms with Crippen LogP contribution in [0.3, 0.4) is 0 Å². The average Bonchev–Trinajstić information content (AvgIpc) is 4.28. The van der Waals surface area contributed by atoms with E-state index < -0.39 is 53.1 Å². The van der Waals surface area contributed by atoms with E-state index in [4.69, 9.17) is 0 Å². The van der Waals surface area contributed by atoms with Gasteiger partial charge in [0.1, 0.15) is 18.6 Å². The maximum Gasteiger partial charge on any atom is 0.416 e. The molecule has 18 nitrogen and oxygen atoms in total. The summed E-state index contributed by atoms with van der Waals surface area (Å²) >= 11 is 1.56. The molecule has 6 amide bonds. The van der Waals surface area contributed by atoms with Crippen LogP contribution in [-0.2, 0) is 43.2 Å². The predicted octanol–water partition coefficient (Wildman–Crippen LogP) is 9.16. The number of amides is 6. The molecule has 8 rings (SSSR count). The van der Waals surface area contributed by atoms with E-state index in [1.807, 2.05) is 52.0 Å². The van der Waals surface area contributed by atoms with E-state index in [1.165, 1.54) is 28.6 Å². The number of benzene rings is 4. The van der Waals surface area contributed by atoms with Crippen LogP contribution >= 0.6 is 11.3 Å². The van der Waals surface area contributed by atoms with Gasteiger partial charge in [-0.05, 0) is 103 Å². The van der Waals surface area contributed by atoms with Gasteiger partial charge < -0.3 is 36.6 Å². The summed E-state index contributed by atoms with van der Waals surface area (Å²) in [5, 5.41) is 36.6. The number of aliphatic hydroxyl groups is 1. The zero-order valence-electron chi connectivity index (χ0n) is 44.3. The molecule has 0 bridgehead atoms. The molecule has 0 radical (unpaired) electrons. The molecule has 0 aliphatic carbocycles. The molecule has 1 fully saturated rings. The van der Waals surface area contributed by atoms with Crippen LogP contribution in [0, 0.1) is 19.3 Å². The van der Waals surface area contributed by atoms with E-state index in [2.05, 4.69) is 46.9 Å². The molecule has 1 saturated heterocycles. The summed E-state index contributed by atoms with van der Waals surface area (Å²) in [4.78, 5) is 86.2. The summed E-state index contributed by atoms with van der Waals surface area (Å²) in [6.45, 7) is 8.79. The lowest BCUT2D eigenvalue weighted by Crippen LogP contribution is -2.57. The molecule has 3 atom stereocenters. The van der Waals surface area contributed by atoms with Crippen LogP contribution in [0.4, 0.5) is 30.4 Å². The lowest BCUT2D eigenvalue weighted by Gasteiger charge is -2.35. The highest BCUT2D eigenvalue weighted by atomic mass is 32.1. The van der Waals surface area contributed by atoms with Gasteiger partial charge in [0.2, 0.25) is 29.5 Å². The second-order valence-corrected chi connectivity index (χ2v) is 21.6. The van der Waals surface area contributed by atoms with E-state index in [0.29, 0.717) is 59.2 Å². The van der Waals surface area contributed by atoms with E-state index in [0.717, 1.165) is 33.3 Å². The van der Waals surface area contributed by atoms with Gasteiger partial charge in [-0.1, -0.05) is 70.0 Å². The van der Waals surface area contributed by atoms with E-state index in [-0.39, 0.29) is 67.9 Å². The van der Waals surface area contributed by atoms with Crippen molar-refractivity contribution in [3.05, 3.63) is 131 Å². The Kier molecular flexibility index (Phi) is 17.7. The van der Waals surface area contributed by atoms with Crippen molar-refractivity contribution >= 4 is 74.9 Å². The summed E-state index contributed by atoms with van der Waals surface area (Å²) in [5.41, 5.74) is 6.04. The standard InChI is InChI=1S/C57H62F3N11O7S/c1-33-12-20-41(25-44(33)57(58,59)60)65-49(75)31-70-29-39(28-63-70)38-19-23-43-45(24-38)68-69-52(43)67-53(76)37-17-21-40(22-18-37)64-47(73)10-8-6-7-9-11-48(74)66-51(56(3,4)5)55(78)71-30-42(72)26-46(71)54(77)61-27-35-13-15-36(16-14-35)50-34(2)62-32-79-50/h12-25,28-29,32,42,46,51,72H,6-11,26-27,30-31H2,1-5H3,(H,61,77)(H,64,73)(H,65,75)(H,66,74)(H2,67,68,69,76). The highest BCUT2D eigenvalue weighted by molar-refractivity contribution is 7.13. The number of rotatable bonds is 20. The third kappa shape index (κ3) is 14.7. The van der Waals surface area contributed by atoms with Crippen molar-refractivity contribution in [1.82, 2.24) is 40.5 Å². The van der Waals surface area contributed by atoms with E-state index >= 15 is 0 Å². The Morgan fingerprint density at radius 1 is 0.797 bits per heavy atom. The number of thiazole rings is 1. The number of aromatic nitrogens is 5. The predicted molar refractivity (Wildman–Crippen MR) is 294 cm³/mol. The number of likely N-dealkylation sites (tertiary alicyclic amines) is 1. The zero-order chi connectivity index (χ0) is 56.6. The van der Waals surface area contributed by atoms with Crippen LogP contribution in [0.1, 0.15) is 98.5 Å². The first-order valence-electron chi connectivity index (χ1n) is 25.8. The molecule has 7 N–H and O–H groups in total. The highest BCUT2D eigenvalue weighted by Gasteiger charge is 2.44. The van der Waals surface area contributed by atoms with Gasteiger partial charge in [0.15, 0.2) is 5.82 Å². The summed E-state index contributed by atoms with van der Waals surface area (Å²) in [6, 6.07) is 21.4. The smallest absolute Gasteiger partial charge is 0.391 e. The molecule has 1 aliphatic heterocycles. The first kappa shape index (κ1) is 56.9. The Bertz CT molecular complexity index is 3350. The molecule has 4 heterocycles. The van der Waals surface area contributed by atoms with Crippen LogP contribution in [0.25, 0.3) is 32.5 Å². The average molecular weight is 1100 g/mol. The van der Waals surface area contributed by atoms with Crippen LogP contribution < -0.4 is 26.6 Å². The second kappa shape index (κ2) is 24.6. The van der Waals surface area contributed by atoms with Crippen molar-refractivity contribution < 1.29 is 47.0 Å². The Balaban J connectivity index is 0.733. The molecule has 3 unspecified atom stereocenters. The summed E-state index contributed by atoms with van der Waals surface area (Å²) in [7, 11) is 0. The van der Waals surface area contributed by atoms with Crippen LogP contribution in [0.5, 0.6) is 0 Å². The number of halogens is 3. The number of aryl methyl sites for hydroxylation is 2. The van der Waals surface area contributed by atoms with Gasteiger partial charge in [-0.25, -0.2) is 4.98 Å². The molecule has 1 aliphatic rings. The molecule has 3 aromatic heterocycles. The Labute approximate surface area is 458 Å². The molecule has 4 aromatic carbocycles. The third-order valence-corrected chi connectivity index (χ3v) is 14.6. The van der Waals surface area contributed by atoms with Gasteiger partial charge in [-0.2, -0.15) is 23.4 Å². The molecule has 0 saturated carbocycles. The summed E-state index contributed by atoms with van der Waals surface area (Å²) < 4.78 is 41.4. The lowest BCUT2D eigenvalue weighted by atomic mass is 9.85. The van der Waals surface area contributed by atoms with Gasteiger partial charge in [-0.15, -0.1) is 11.3 Å². The van der Waals surface area contributed by atoms with Crippen molar-refractivity contribution in [3.8, 4) is 21.6 Å². The Hall–Kier alpha value is -8.24. The number of hydrogen-bond acceptors (Lipinski definition) is 11. The number of aromatic amines is 1. The number of aliphatic hydroxyl groups excluding tert-OH is 1. The van der Waals surface area contributed by atoms with Gasteiger partial charge in [0.25, 0.3) is 5.91 Å². The fraction of sp³-hybridized carbons (Fsp3) is 0.351. The second-order valence-electron chi connectivity index (χ2n) is 20.8. The zero-order valence-corrected chi connectivity index (χ0v) is 45.1. The van der Waals surface area contributed by atoms with Crippen LogP contribution in [0.15, 0.2) is 103 Å². The van der Waals surface area contributed by atoms with E-state index in [9.17, 15) is 47.0 Å². The largest absolute Gasteiger partial charge is 0.416 e. The van der Waals surface area contributed by atoms with Crippen molar-refractivity contribution in [2.75, 3.05) is 22.5 Å². The molecular formula is C57H62F3N11O7S. The Morgan fingerprint density at radius 2 is 1.48 bits per heavy atom. The topological polar surface area (TPSA) is 245 Å². The maximum atomic E-state index is 14.0. The normalized spacial score (nSPS) is 14.9. The van der Waals surface area contributed by atoms with Crippen molar-refractivity contribution in [2.45, 2.75) is 117 Å². The van der Waals surface area contributed by atoms with Crippen LogP contribution in [0.2, 0.25) is 0 Å². The first-order chi connectivity index (χ1) is 37.6. The minimum atomic E-state index is -4.55. The summed E-state index contributed by atoms with van der Waals surface area (Å²) in [6.07, 6.45) is 0.693. The fourth-order valence-electron chi connectivity index (χ4n) is 9.29. The number of H-pyrrole nitrogens is 1. The molecular weight excluding hydrogens is 1040 g/mol. The van der Waals surface area contributed by atoms with Gasteiger partial charge in [-0.3, -0.25) is 38.5 Å².